The second kappa shape index (κ2) is 7.12. The SMILES string of the molecule is CCNC(CC)c1ccc(N(C)C(C)C(C)(C)C)cc1. The van der Waals surface area contributed by atoms with Gasteiger partial charge in [-0.1, -0.05) is 46.8 Å². The fourth-order valence-corrected chi connectivity index (χ4v) is 2.49. The van der Waals surface area contributed by atoms with E-state index < -0.39 is 0 Å². The molecule has 2 atom stereocenters. The fourth-order valence-electron chi connectivity index (χ4n) is 2.49. The molecule has 114 valence electrons. The highest BCUT2D eigenvalue weighted by Gasteiger charge is 2.24. The zero-order valence-corrected chi connectivity index (χ0v) is 14.3. The Morgan fingerprint density at radius 3 is 2.05 bits per heavy atom. The van der Waals surface area contributed by atoms with E-state index in [2.05, 4.69) is 83.1 Å². The van der Waals surface area contributed by atoms with Crippen molar-refractivity contribution in [3.63, 3.8) is 0 Å². The summed E-state index contributed by atoms with van der Waals surface area (Å²) in [4.78, 5) is 2.37. The molecule has 2 nitrogen and oxygen atoms in total. The van der Waals surface area contributed by atoms with Crippen molar-refractivity contribution in [1.82, 2.24) is 5.32 Å². The van der Waals surface area contributed by atoms with Crippen LogP contribution in [0.4, 0.5) is 5.69 Å². The first-order valence-corrected chi connectivity index (χ1v) is 7.87. The van der Waals surface area contributed by atoms with Gasteiger partial charge in [0.15, 0.2) is 0 Å². The molecule has 1 aromatic rings. The topological polar surface area (TPSA) is 15.3 Å². The smallest absolute Gasteiger partial charge is 0.0366 e. The molecule has 0 aromatic heterocycles. The van der Waals surface area contributed by atoms with Crippen molar-refractivity contribution in [3.05, 3.63) is 29.8 Å². The van der Waals surface area contributed by atoms with E-state index in [-0.39, 0.29) is 5.41 Å². The summed E-state index contributed by atoms with van der Waals surface area (Å²) in [6.45, 7) is 14.6. The monoisotopic (exact) mass is 276 g/mol. The Balaban J connectivity index is 2.85. The quantitative estimate of drug-likeness (QED) is 0.815. The van der Waals surface area contributed by atoms with Gasteiger partial charge in [0.05, 0.1) is 0 Å². The molecule has 0 saturated carbocycles. The van der Waals surface area contributed by atoms with Crippen molar-refractivity contribution < 1.29 is 0 Å². The van der Waals surface area contributed by atoms with Gasteiger partial charge in [-0.05, 0) is 43.0 Å². The van der Waals surface area contributed by atoms with Crippen LogP contribution in [0.2, 0.25) is 0 Å². The van der Waals surface area contributed by atoms with Gasteiger partial charge in [0.2, 0.25) is 0 Å². The zero-order valence-electron chi connectivity index (χ0n) is 14.3. The van der Waals surface area contributed by atoms with Gasteiger partial charge in [-0.15, -0.1) is 0 Å². The number of anilines is 1. The highest BCUT2D eigenvalue weighted by molar-refractivity contribution is 5.48. The van der Waals surface area contributed by atoms with Crippen LogP contribution in [0.15, 0.2) is 24.3 Å². The molecule has 1 aromatic carbocycles. The highest BCUT2D eigenvalue weighted by Crippen LogP contribution is 2.28. The third-order valence-corrected chi connectivity index (χ3v) is 4.40. The van der Waals surface area contributed by atoms with E-state index in [1.54, 1.807) is 0 Å². The third-order valence-electron chi connectivity index (χ3n) is 4.40. The van der Waals surface area contributed by atoms with Crippen LogP contribution in [-0.2, 0) is 0 Å². The summed E-state index contributed by atoms with van der Waals surface area (Å²) in [7, 11) is 2.19. The maximum absolute atomic E-state index is 3.53. The summed E-state index contributed by atoms with van der Waals surface area (Å²) in [5.74, 6) is 0. The number of hydrogen-bond donors (Lipinski definition) is 1. The average Bonchev–Trinajstić information content (AvgIpc) is 2.42. The van der Waals surface area contributed by atoms with Crippen LogP contribution in [0.1, 0.15) is 59.6 Å². The molecule has 1 rings (SSSR count). The van der Waals surface area contributed by atoms with Gasteiger partial charge in [-0.3, -0.25) is 0 Å². The number of nitrogens with zero attached hydrogens (tertiary/aromatic N) is 1. The Morgan fingerprint density at radius 2 is 1.65 bits per heavy atom. The summed E-state index contributed by atoms with van der Waals surface area (Å²) < 4.78 is 0. The second-order valence-electron chi connectivity index (χ2n) is 6.76. The predicted octanol–water partition coefficient (Wildman–Crippen LogP) is 4.62. The first-order valence-electron chi connectivity index (χ1n) is 7.87. The normalized spacial score (nSPS) is 14.9. The Labute approximate surface area is 125 Å². The summed E-state index contributed by atoms with van der Waals surface area (Å²) in [6, 6.07) is 9.99. The molecule has 0 spiro atoms. The van der Waals surface area contributed by atoms with Crippen LogP contribution < -0.4 is 10.2 Å². The molecule has 0 aliphatic rings. The van der Waals surface area contributed by atoms with E-state index >= 15 is 0 Å². The van der Waals surface area contributed by atoms with Gasteiger partial charge in [0.1, 0.15) is 0 Å². The fraction of sp³-hybridized carbons (Fsp3) is 0.667. The van der Waals surface area contributed by atoms with E-state index in [1.807, 2.05) is 0 Å². The largest absolute Gasteiger partial charge is 0.371 e. The summed E-state index contributed by atoms with van der Waals surface area (Å²) in [6.07, 6.45) is 1.13. The molecule has 2 unspecified atom stereocenters. The molecule has 0 bridgehead atoms. The van der Waals surface area contributed by atoms with Crippen molar-refractivity contribution in [1.29, 1.82) is 0 Å². The van der Waals surface area contributed by atoms with Gasteiger partial charge >= 0.3 is 0 Å². The Kier molecular flexibility index (Phi) is 6.07. The Bertz CT molecular complexity index is 389. The maximum atomic E-state index is 3.53. The van der Waals surface area contributed by atoms with Crippen LogP contribution in [0.25, 0.3) is 0 Å². The number of benzene rings is 1. The first kappa shape index (κ1) is 17.0. The molecule has 0 amide bonds. The lowest BCUT2D eigenvalue weighted by Gasteiger charge is -2.37. The summed E-state index contributed by atoms with van der Waals surface area (Å²) >= 11 is 0. The van der Waals surface area contributed by atoms with Crippen molar-refractivity contribution in [2.24, 2.45) is 5.41 Å². The molecule has 0 fully saturated rings. The minimum Gasteiger partial charge on any atom is -0.371 e. The van der Waals surface area contributed by atoms with Crippen molar-refractivity contribution in [2.45, 2.75) is 60.0 Å². The summed E-state index contributed by atoms with van der Waals surface area (Å²) in [5.41, 5.74) is 2.96. The Hall–Kier alpha value is -1.02. The zero-order chi connectivity index (χ0) is 15.3. The molecular weight excluding hydrogens is 244 g/mol. The van der Waals surface area contributed by atoms with Gasteiger partial charge < -0.3 is 10.2 Å². The molecule has 0 saturated heterocycles. The molecule has 0 aliphatic carbocycles. The predicted molar refractivity (Wildman–Crippen MR) is 90.5 cm³/mol. The first-order chi connectivity index (χ1) is 9.31. The van der Waals surface area contributed by atoms with Crippen LogP contribution >= 0.6 is 0 Å². The molecule has 0 heterocycles. The minimum atomic E-state index is 0.281. The van der Waals surface area contributed by atoms with Crippen molar-refractivity contribution >= 4 is 5.69 Å². The Morgan fingerprint density at radius 1 is 1.10 bits per heavy atom. The van der Waals surface area contributed by atoms with Crippen molar-refractivity contribution in [2.75, 3.05) is 18.5 Å². The second-order valence-corrected chi connectivity index (χ2v) is 6.76. The standard InChI is InChI=1S/C18H32N2/c1-8-17(19-9-2)15-10-12-16(13-11-15)20(7)14(3)18(4,5)6/h10-14,17,19H,8-9H2,1-7H3. The van der Waals surface area contributed by atoms with Crippen molar-refractivity contribution in [3.8, 4) is 0 Å². The molecule has 1 N–H and O–H groups in total. The lowest BCUT2D eigenvalue weighted by atomic mass is 9.87. The van der Waals surface area contributed by atoms with E-state index in [1.165, 1.54) is 11.3 Å². The molecule has 2 heteroatoms. The van der Waals surface area contributed by atoms with Crippen LogP contribution in [0.5, 0.6) is 0 Å². The molecule has 0 aliphatic heterocycles. The van der Waals surface area contributed by atoms with Gasteiger partial charge in [-0.25, -0.2) is 0 Å². The molecular formula is C18H32N2. The van der Waals surface area contributed by atoms with E-state index in [0.29, 0.717) is 12.1 Å². The number of hydrogen-bond acceptors (Lipinski definition) is 2. The lowest BCUT2D eigenvalue weighted by molar-refractivity contribution is 0.330. The van der Waals surface area contributed by atoms with Gasteiger partial charge in [-0.2, -0.15) is 0 Å². The van der Waals surface area contributed by atoms with Gasteiger partial charge in [0.25, 0.3) is 0 Å². The van der Waals surface area contributed by atoms with Crippen LogP contribution in [0.3, 0.4) is 0 Å². The summed E-state index contributed by atoms with van der Waals surface area (Å²) in [5, 5.41) is 3.53. The minimum absolute atomic E-state index is 0.281. The molecule has 0 radical (unpaired) electrons. The highest BCUT2D eigenvalue weighted by atomic mass is 15.1. The van der Waals surface area contributed by atoms with Crippen LogP contribution in [-0.4, -0.2) is 19.6 Å². The van der Waals surface area contributed by atoms with Gasteiger partial charge in [0, 0.05) is 24.8 Å². The van der Waals surface area contributed by atoms with E-state index in [9.17, 15) is 0 Å². The lowest BCUT2D eigenvalue weighted by Crippen LogP contribution is -2.39. The average molecular weight is 276 g/mol. The van der Waals surface area contributed by atoms with Crippen LogP contribution in [0, 0.1) is 5.41 Å². The number of rotatable bonds is 6. The van der Waals surface area contributed by atoms with E-state index in [0.717, 1.165) is 13.0 Å². The van der Waals surface area contributed by atoms with E-state index in [4.69, 9.17) is 0 Å². The molecule has 20 heavy (non-hydrogen) atoms. The maximum Gasteiger partial charge on any atom is 0.0366 e. The third kappa shape index (κ3) is 4.24. The number of nitrogens with one attached hydrogen (secondary N) is 1.